The molecular weight excluding hydrogens is 529 g/mol. The molecule has 0 unspecified atom stereocenters. The third-order valence-electron chi connectivity index (χ3n) is 10.0. The second-order valence-corrected chi connectivity index (χ2v) is 13.5. The Balaban J connectivity index is 0.000000345. The molecule has 0 aliphatic heterocycles. The first kappa shape index (κ1) is 37.9. The van der Waals surface area contributed by atoms with Crippen LogP contribution in [0.15, 0.2) is 91.0 Å². The maximum Gasteiger partial charge on any atom is 0.0814 e. The van der Waals surface area contributed by atoms with Gasteiger partial charge in [-0.1, -0.05) is 190 Å². The summed E-state index contributed by atoms with van der Waals surface area (Å²) in [6.07, 6.45) is 19.4. The Kier molecular flexibility index (Phi) is 19.9. The number of quaternary nitrogens is 1. The van der Waals surface area contributed by atoms with Crippen LogP contribution in [0.4, 0.5) is 0 Å². The first-order valence-electron chi connectivity index (χ1n) is 18.8. The molecule has 0 N–H and O–H groups in total. The van der Waals surface area contributed by atoms with Gasteiger partial charge in [-0.25, -0.2) is 0 Å². The van der Waals surface area contributed by atoms with Crippen molar-refractivity contribution in [1.29, 1.82) is 0 Å². The van der Waals surface area contributed by atoms with E-state index in [9.17, 15) is 0 Å². The van der Waals surface area contributed by atoms with E-state index < -0.39 is 6.15 Å². The molecular formula is C42H68BN. The van der Waals surface area contributed by atoms with E-state index in [0.29, 0.717) is 0 Å². The Morgan fingerprint density at radius 1 is 0.364 bits per heavy atom. The summed E-state index contributed by atoms with van der Waals surface area (Å²) in [6, 6.07) is 33.5. The second-order valence-electron chi connectivity index (χ2n) is 13.5. The van der Waals surface area contributed by atoms with Crippen LogP contribution < -0.4 is 16.4 Å². The predicted octanol–water partition coefficient (Wildman–Crippen LogP) is 10.5. The van der Waals surface area contributed by atoms with Crippen molar-refractivity contribution >= 4 is 22.5 Å². The van der Waals surface area contributed by atoms with Crippen LogP contribution in [0.5, 0.6) is 0 Å². The molecule has 2 heteroatoms. The SMILES string of the molecule is CCCCCCCC[B-](c1ccccc1)(c1ccccc1)c1ccccc1.CCCC[N+](CCCC)(CCCC)CCCC. The van der Waals surface area contributed by atoms with E-state index in [1.807, 2.05) is 0 Å². The highest BCUT2D eigenvalue weighted by Crippen LogP contribution is 2.19. The summed E-state index contributed by atoms with van der Waals surface area (Å²) in [4.78, 5) is 0. The van der Waals surface area contributed by atoms with E-state index in [2.05, 4.69) is 126 Å². The summed E-state index contributed by atoms with van der Waals surface area (Å²) in [7, 11) is 0. The molecule has 0 aliphatic rings. The average molecular weight is 598 g/mol. The van der Waals surface area contributed by atoms with Gasteiger partial charge in [0.15, 0.2) is 0 Å². The molecule has 0 atom stereocenters. The van der Waals surface area contributed by atoms with Gasteiger partial charge in [-0.2, -0.15) is 22.7 Å². The highest BCUT2D eigenvalue weighted by Gasteiger charge is 2.29. The lowest BCUT2D eigenvalue weighted by molar-refractivity contribution is -0.929. The molecule has 3 aromatic carbocycles. The number of rotatable bonds is 22. The van der Waals surface area contributed by atoms with Crippen molar-refractivity contribution in [2.24, 2.45) is 0 Å². The molecule has 0 saturated carbocycles. The third kappa shape index (κ3) is 12.6. The van der Waals surface area contributed by atoms with E-state index in [1.54, 1.807) is 0 Å². The summed E-state index contributed by atoms with van der Waals surface area (Å²) >= 11 is 0. The van der Waals surface area contributed by atoms with E-state index in [-0.39, 0.29) is 0 Å². The fourth-order valence-corrected chi connectivity index (χ4v) is 7.30. The molecule has 0 bridgehead atoms. The fourth-order valence-electron chi connectivity index (χ4n) is 7.30. The van der Waals surface area contributed by atoms with Crippen LogP contribution in [-0.2, 0) is 0 Å². The summed E-state index contributed by atoms with van der Waals surface area (Å²) in [5.74, 6) is 0. The standard InChI is InChI=1S/C26H32B.C16H36N/c1-2-3-4-5-6-16-23-27(24-17-10-7-11-18-24,25-19-12-8-13-20-25)26-21-14-9-15-22-26;1-5-9-13-17(14-10-6-2,15-11-7-3)16-12-8-4/h7-15,17-22H,2-6,16,23H2,1H3;5-16H2,1-4H3/q-1;+1. The van der Waals surface area contributed by atoms with Gasteiger partial charge in [0.1, 0.15) is 0 Å². The maximum absolute atomic E-state index is 2.33. The first-order chi connectivity index (χ1) is 21.6. The average Bonchev–Trinajstić information content (AvgIpc) is 3.09. The smallest absolute Gasteiger partial charge is 0.0814 e. The van der Waals surface area contributed by atoms with Crippen LogP contribution in [0.2, 0.25) is 6.32 Å². The van der Waals surface area contributed by atoms with Gasteiger partial charge >= 0.3 is 0 Å². The van der Waals surface area contributed by atoms with Crippen molar-refractivity contribution < 1.29 is 4.48 Å². The molecule has 0 saturated heterocycles. The Hall–Kier alpha value is -2.32. The maximum atomic E-state index is 2.33. The van der Waals surface area contributed by atoms with Crippen molar-refractivity contribution in [3.63, 3.8) is 0 Å². The van der Waals surface area contributed by atoms with Crippen LogP contribution in [-0.4, -0.2) is 36.8 Å². The van der Waals surface area contributed by atoms with Crippen molar-refractivity contribution in [2.45, 2.75) is 131 Å². The van der Waals surface area contributed by atoms with E-state index in [0.717, 1.165) is 0 Å². The van der Waals surface area contributed by atoms with Crippen molar-refractivity contribution in [3.8, 4) is 0 Å². The highest BCUT2D eigenvalue weighted by atomic mass is 15.3. The fraction of sp³-hybridized carbons (Fsp3) is 0.571. The molecule has 244 valence electrons. The number of hydrogen-bond acceptors (Lipinski definition) is 0. The molecule has 0 aromatic heterocycles. The van der Waals surface area contributed by atoms with Gasteiger partial charge in [0, 0.05) is 0 Å². The monoisotopic (exact) mass is 598 g/mol. The Morgan fingerprint density at radius 3 is 0.977 bits per heavy atom. The Morgan fingerprint density at radius 2 is 0.659 bits per heavy atom. The van der Waals surface area contributed by atoms with Crippen LogP contribution >= 0.6 is 0 Å². The van der Waals surface area contributed by atoms with Crippen LogP contribution in [0.25, 0.3) is 0 Å². The van der Waals surface area contributed by atoms with E-state index in [1.165, 1.54) is 143 Å². The zero-order valence-electron chi connectivity index (χ0n) is 29.6. The van der Waals surface area contributed by atoms with Gasteiger partial charge in [-0.3, -0.25) is 0 Å². The highest BCUT2D eigenvalue weighted by molar-refractivity contribution is 7.11. The molecule has 0 heterocycles. The summed E-state index contributed by atoms with van der Waals surface area (Å²) in [6.45, 7) is 17.3. The number of benzene rings is 3. The van der Waals surface area contributed by atoms with Gasteiger partial charge in [-0.05, 0) is 25.7 Å². The van der Waals surface area contributed by atoms with Crippen LogP contribution in [0.1, 0.15) is 125 Å². The number of unbranched alkanes of at least 4 members (excludes halogenated alkanes) is 9. The molecule has 3 aromatic rings. The minimum Gasteiger partial charge on any atom is -0.324 e. The molecule has 0 radical (unpaired) electrons. The van der Waals surface area contributed by atoms with Crippen molar-refractivity contribution in [2.75, 3.05) is 26.2 Å². The zero-order chi connectivity index (χ0) is 31.8. The quantitative estimate of drug-likeness (QED) is 0.0614. The van der Waals surface area contributed by atoms with Crippen LogP contribution in [0.3, 0.4) is 0 Å². The van der Waals surface area contributed by atoms with E-state index in [4.69, 9.17) is 0 Å². The Labute approximate surface area is 274 Å². The minimum absolute atomic E-state index is 0.938. The van der Waals surface area contributed by atoms with Gasteiger partial charge < -0.3 is 4.48 Å². The summed E-state index contributed by atoms with van der Waals surface area (Å²) in [5.41, 5.74) is 4.38. The molecule has 1 nitrogen and oxygen atoms in total. The molecule has 0 amide bonds. The number of nitrogens with zero attached hydrogens (tertiary/aromatic N) is 1. The lowest BCUT2D eigenvalue weighted by Gasteiger charge is -2.43. The van der Waals surface area contributed by atoms with Gasteiger partial charge in [0.25, 0.3) is 0 Å². The summed E-state index contributed by atoms with van der Waals surface area (Å²) in [5, 5.41) is 0. The second kappa shape index (κ2) is 23.1. The largest absolute Gasteiger partial charge is 0.324 e. The minimum atomic E-state index is -0.938. The molecule has 44 heavy (non-hydrogen) atoms. The summed E-state index contributed by atoms with van der Waals surface area (Å²) < 4.78 is 1.42. The number of hydrogen-bond donors (Lipinski definition) is 0. The van der Waals surface area contributed by atoms with Gasteiger partial charge in [0.05, 0.1) is 32.3 Å². The lowest BCUT2D eigenvalue weighted by atomic mass is 9.14. The molecule has 0 fully saturated rings. The zero-order valence-corrected chi connectivity index (χ0v) is 29.6. The van der Waals surface area contributed by atoms with E-state index >= 15 is 0 Å². The van der Waals surface area contributed by atoms with Crippen molar-refractivity contribution in [3.05, 3.63) is 91.0 Å². The molecule has 3 rings (SSSR count). The van der Waals surface area contributed by atoms with Gasteiger partial charge in [-0.15, -0.1) is 0 Å². The van der Waals surface area contributed by atoms with Crippen molar-refractivity contribution in [1.82, 2.24) is 0 Å². The lowest BCUT2D eigenvalue weighted by Crippen LogP contribution is -2.66. The molecule has 0 spiro atoms. The Bertz CT molecular complexity index is 915. The normalized spacial score (nSPS) is 11.7. The predicted molar refractivity (Wildman–Crippen MR) is 202 cm³/mol. The molecule has 0 aliphatic carbocycles. The van der Waals surface area contributed by atoms with Gasteiger partial charge in [0.2, 0.25) is 0 Å². The first-order valence-corrected chi connectivity index (χ1v) is 18.8. The topological polar surface area (TPSA) is 0 Å². The van der Waals surface area contributed by atoms with Crippen LogP contribution in [0, 0.1) is 0 Å². The third-order valence-corrected chi connectivity index (χ3v) is 10.0.